The van der Waals surface area contributed by atoms with E-state index in [0.717, 1.165) is 12.8 Å². The van der Waals surface area contributed by atoms with Gasteiger partial charge in [0, 0.05) is 11.6 Å². The predicted octanol–water partition coefficient (Wildman–Crippen LogP) is 2.65. The lowest BCUT2D eigenvalue weighted by atomic mass is 10.0. The summed E-state index contributed by atoms with van der Waals surface area (Å²) in [6.45, 7) is 6.18. The molecule has 0 bridgehead atoms. The van der Waals surface area contributed by atoms with E-state index in [2.05, 4.69) is 31.0 Å². The minimum Gasteiger partial charge on any atom is -0.384 e. The molecule has 19 heavy (non-hydrogen) atoms. The van der Waals surface area contributed by atoms with Gasteiger partial charge in [0.1, 0.15) is 11.5 Å². The van der Waals surface area contributed by atoms with Gasteiger partial charge in [0.15, 0.2) is 0 Å². The lowest BCUT2D eigenvalue weighted by molar-refractivity contribution is 0.0941. The maximum absolute atomic E-state index is 12.1. The number of rotatable bonds is 5. The van der Waals surface area contributed by atoms with E-state index < -0.39 is 0 Å². The first-order chi connectivity index (χ1) is 9.04. The monoisotopic (exact) mass is 279 g/mol. The van der Waals surface area contributed by atoms with Crippen LogP contribution >= 0.6 is 11.3 Å². The number of aliphatic hydroxyl groups is 1. The van der Waals surface area contributed by atoms with Crippen LogP contribution in [-0.4, -0.2) is 23.7 Å². The Bertz CT molecular complexity index is 468. The van der Waals surface area contributed by atoms with Crippen LogP contribution in [0, 0.1) is 17.8 Å². The van der Waals surface area contributed by atoms with E-state index in [9.17, 15) is 4.79 Å². The van der Waals surface area contributed by atoms with Crippen molar-refractivity contribution in [1.29, 1.82) is 0 Å². The van der Waals surface area contributed by atoms with Crippen molar-refractivity contribution >= 4 is 17.2 Å². The summed E-state index contributed by atoms with van der Waals surface area (Å²) in [5.41, 5.74) is 0.688. The summed E-state index contributed by atoms with van der Waals surface area (Å²) in [4.78, 5) is 12.7. The number of carbonyl (C=O) groups excluding carboxylic acids is 1. The van der Waals surface area contributed by atoms with Gasteiger partial charge in [-0.1, -0.05) is 25.7 Å². The molecule has 0 radical (unpaired) electrons. The zero-order valence-electron chi connectivity index (χ0n) is 11.7. The number of thiophene rings is 1. The van der Waals surface area contributed by atoms with Crippen molar-refractivity contribution in [2.24, 2.45) is 5.92 Å². The van der Waals surface area contributed by atoms with Crippen LogP contribution in [0.15, 0.2) is 11.4 Å². The molecule has 0 spiro atoms. The van der Waals surface area contributed by atoms with Crippen LogP contribution in [0.4, 0.5) is 0 Å². The largest absolute Gasteiger partial charge is 0.384 e. The van der Waals surface area contributed by atoms with Gasteiger partial charge in [0.05, 0.1) is 0 Å². The van der Waals surface area contributed by atoms with Gasteiger partial charge in [-0.25, -0.2) is 0 Å². The van der Waals surface area contributed by atoms with Gasteiger partial charge in [-0.2, -0.15) is 0 Å². The average molecular weight is 279 g/mol. The van der Waals surface area contributed by atoms with Crippen molar-refractivity contribution in [3.8, 4) is 11.8 Å². The molecule has 1 aromatic heterocycles. The number of aliphatic hydroxyl groups excluding tert-OH is 1. The van der Waals surface area contributed by atoms with Crippen molar-refractivity contribution in [3.05, 3.63) is 21.9 Å². The molecular weight excluding hydrogens is 258 g/mol. The summed E-state index contributed by atoms with van der Waals surface area (Å²) >= 11 is 1.38. The normalized spacial score (nSPS) is 11.8. The fraction of sp³-hybridized carbons (Fsp3) is 0.533. The van der Waals surface area contributed by atoms with Crippen LogP contribution in [0.25, 0.3) is 0 Å². The third-order valence-corrected chi connectivity index (χ3v) is 3.64. The van der Waals surface area contributed by atoms with Crippen molar-refractivity contribution in [1.82, 2.24) is 5.32 Å². The van der Waals surface area contributed by atoms with Crippen LogP contribution in [0.5, 0.6) is 0 Å². The summed E-state index contributed by atoms with van der Waals surface area (Å²) in [5, 5.41) is 13.5. The maximum Gasteiger partial charge on any atom is 0.262 e. The van der Waals surface area contributed by atoms with Crippen LogP contribution in [0.3, 0.4) is 0 Å². The molecule has 0 saturated heterocycles. The number of nitrogens with one attached hydrogen (secondary N) is 1. The van der Waals surface area contributed by atoms with Gasteiger partial charge in [-0.3, -0.25) is 4.79 Å². The minimum absolute atomic E-state index is 0.0755. The number of hydrogen-bond donors (Lipinski definition) is 2. The number of hydrogen-bond acceptors (Lipinski definition) is 3. The van der Waals surface area contributed by atoms with Crippen LogP contribution < -0.4 is 5.32 Å². The molecule has 0 aromatic carbocycles. The number of carbonyl (C=O) groups is 1. The highest BCUT2D eigenvalue weighted by Crippen LogP contribution is 2.16. The van der Waals surface area contributed by atoms with Crippen LogP contribution in [0.2, 0.25) is 0 Å². The Morgan fingerprint density at radius 2 is 2.16 bits per heavy atom. The molecule has 1 unspecified atom stereocenters. The third-order valence-electron chi connectivity index (χ3n) is 2.73. The summed E-state index contributed by atoms with van der Waals surface area (Å²) in [6.07, 6.45) is 2.08. The zero-order valence-corrected chi connectivity index (χ0v) is 12.5. The second kappa shape index (κ2) is 7.98. The Morgan fingerprint density at radius 1 is 1.42 bits per heavy atom. The smallest absolute Gasteiger partial charge is 0.262 e. The minimum atomic E-state index is -0.193. The Hall–Kier alpha value is -1.31. The van der Waals surface area contributed by atoms with Crippen molar-refractivity contribution in [2.75, 3.05) is 6.61 Å². The van der Waals surface area contributed by atoms with Gasteiger partial charge in [-0.15, -0.1) is 11.3 Å². The van der Waals surface area contributed by atoms with Gasteiger partial charge in [0.2, 0.25) is 0 Å². The van der Waals surface area contributed by atoms with E-state index in [4.69, 9.17) is 5.11 Å². The van der Waals surface area contributed by atoms with Crippen LogP contribution in [0.1, 0.15) is 48.8 Å². The van der Waals surface area contributed by atoms with Gasteiger partial charge < -0.3 is 10.4 Å². The SMILES string of the molecule is CC(C)CCC(C)NC(=O)c1sccc1C#CCO. The predicted molar refractivity (Wildman–Crippen MR) is 79.3 cm³/mol. The topological polar surface area (TPSA) is 49.3 Å². The van der Waals surface area contributed by atoms with Crippen molar-refractivity contribution < 1.29 is 9.90 Å². The highest BCUT2D eigenvalue weighted by atomic mass is 32.1. The Balaban J connectivity index is 2.60. The molecule has 1 aromatic rings. The second-order valence-electron chi connectivity index (χ2n) is 4.97. The molecule has 0 fully saturated rings. The fourth-order valence-electron chi connectivity index (χ4n) is 1.66. The lowest BCUT2D eigenvalue weighted by Gasteiger charge is -2.14. The molecule has 1 amide bonds. The maximum atomic E-state index is 12.1. The molecule has 2 N–H and O–H groups in total. The standard InChI is InChI=1S/C15H21NO2S/c1-11(2)6-7-12(3)16-15(18)14-13(5-4-9-17)8-10-19-14/h8,10-12,17H,6-7,9H2,1-3H3,(H,16,18). The molecule has 0 aliphatic heterocycles. The molecule has 0 saturated carbocycles. The third kappa shape index (κ3) is 5.46. The van der Waals surface area contributed by atoms with Crippen molar-refractivity contribution in [2.45, 2.75) is 39.7 Å². The summed E-state index contributed by atoms with van der Waals surface area (Å²) in [7, 11) is 0. The molecule has 104 valence electrons. The lowest BCUT2D eigenvalue weighted by Crippen LogP contribution is -2.32. The number of amides is 1. The van der Waals surface area contributed by atoms with Crippen molar-refractivity contribution in [3.63, 3.8) is 0 Å². The Morgan fingerprint density at radius 3 is 2.79 bits per heavy atom. The Labute approximate surface area is 119 Å². The van der Waals surface area contributed by atoms with Gasteiger partial charge in [-0.05, 0) is 37.1 Å². The fourth-order valence-corrected chi connectivity index (χ4v) is 2.42. The summed E-state index contributed by atoms with van der Waals surface area (Å²) < 4.78 is 0. The van der Waals surface area contributed by atoms with E-state index in [0.29, 0.717) is 16.4 Å². The highest BCUT2D eigenvalue weighted by Gasteiger charge is 2.14. The molecule has 3 nitrogen and oxygen atoms in total. The van der Waals surface area contributed by atoms with Gasteiger partial charge in [0.25, 0.3) is 5.91 Å². The first-order valence-electron chi connectivity index (χ1n) is 6.52. The summed E-state index contributed by atoms with van der Waals surface area (Å²) in [6, 6.07) is 1.97. The second-order valence-corrected chi connectivity index (χ2v) is 5.89. The highest BCUT2D eigenvalue weighted by molar-refractivity contribution is 7.12. The average Bonchev–Trinajstić information content (AvgIpc) is 2.82. The van der Waals surface area contributed by atoms with Crippen LogP contribution in [-0.2, 0) is 0 Å². The van der Waals surface area contributed by atoms with E-state index in [1.807, 2.05) is 12.3 Å². The molecule has 1 atom stereocenters. The first-order valence-corrected chi connectivity index (χ1v) is 7.40. The quantitative estimate of drug-likeness (QED) is 0.814. The van der Waals surface area contributed by atoms with E-state index >= 15 is 0 Å². The van der Waals surface area contributed by atoms with E-state index in [1.165, 1.54) is 11.3 Å². The molecule has 4 heteroatoms. The zero-order chi connectivity index (χ0) is 14.3. The van der Waals surface area contributed by atoms with Gasteiger partial charge >= 0.3 is 0 Å². The van der Waals surface area contributed by atoms with E-state index in [1.54, 1.807) is 6.07 Å². The molecule has 1 rings (SSSR count). The molecular formula is C15H21NO2S. The Kier molecular flexibility index (Phi) is 6.61. The van der Waals surface area contributed by atoms with E-state index in [-0.39, 0.29) is 18.6 Å². The first kappa shape index (κ1) is 15.7. The summed E-state index contributed by atoms with van der Waals surface area (Å²) in [5.74, 6) is 5.94. The molecule has 0 aliphatic rings. The molecule has 0 aliphatic carbocycles. The molecule has 1 heterocycles.